The van der Waals surface area contributed by atoms with Crippen LogP contribution in [0.4, 0.5) is 0 Å². The molecular weight excluding hydrogens is 270 g/mol. The Bertz CT molecular complexity index is 380. The van der Waals surface area contributed by atoms with Gasteiger partial charge in [-0.1, -0.05) is 13.8 Å². The van der Waals surface area contributed by atoms with E-state index in [0.717, 1.165) is 18.6 Å². The van der Waals surface area contributed by atoms with Gasteiger partial charge in [0.05, 0.1) is 12.0 Å². The van der Waals surface area contributed by atoms with Crippen molar-refractivity contribution in [3.05, 3.63) is 16.3 Å². The number of rotatable bonds is 7. The fraction of sp³-hybridized carbons (Fsp3) is 0.615. The molecule has 1 heterocycles. The molecule has 1 aromatic heterocycles. The highest BCUT2D eigenvalue weighted by molar-refractivity contribution is 7.12. The molecule has 0 saturated heterocycles. The summed E-state index contributed by atoms with van der Waals surface area (Å²) in [4.78, 5) is 12.6. The van der Waals surface area contributed by atoms with E-state index in [1.54, 1.807) is 13.2 Å². The van der Waals surface area contributed by atoms with Crippen LogP contribution in [0.3, 0.4) is 0 Å². The Balaban J connectivity index is 2.59. The van der Waals surface area contributed by atoms with E-state index >= 15 is 0 Å². The molecular formula is C13H20ClNO2S. The third-order valence-corrected chi connectivity index (χ3v) is 4.92. The Morgan fingerprint density at radius 3 is 2.61 bits per heavy atom. The van der Waals surface area contributed by atoms with Gasteiger partial charge in [0.2, 0.25) is 0 Å². The molecule has 0 radical (unpaired) electrons. The molecule has 1 N–H and O–H groups in total. The molecule has 0 unspecified atom stereocenters. The third kappa shape index (κ3) is 3.62. The molecule has 0 saturated carbocycles. The summed E-state index contributed by atoms with van der Waals surface area (Å²) in [7, 11) is 1.59. The van der Waals surface area contributed by atoms with Gasteiger partial charge in [-0.05, 0) is 12.8 Å². The van der Waals surface area contributed by atoms with Gasteiger partial charge in [0.25, 0.3) is 5.91 Å². The van der Waals surface area contributed by atoms with E-state index in [4.69, 9.17) is 16.3 Å². The first kappa shape index (κ1) is 15.3. The van der Waals surface area contributed by atoms with Gasteiger partial charge in [-0.15, -0.1) is 22.9 Å². The number of alkyl halides is 1. The first-order valence-electron chi connectivity index (χ1n) is 6.07. The van der Waals surface area contributed by atoms with Crippen LogP contribution in [-0.4, -0.2) is 25.4 Å². The van der Waals surface area contributed by atoms with Crippen molar-refractivity contribution in [2.45, 2.75) is 26.7 Å². The number of halogens is 1. The van der Waals surface area contributed by atoms with E-state index in [-0.39, 0.29) is 11.3 Å². The monoisotopic (exact) mass is 289 g/mol. The maximum Gasteiger partial charge on any atom is 0.261 e. The Kier molecular flexibility index (Phi) is 5.96. The van der Waals surface area contributed by atoms with Crippen LogP contribution >= 0.6 is 22.9 Å². The second kappa shape index (κ2) is 7.00. The van der Waals surface area contributed by atoms with E-state index in [9.17, 15) is 4.79 Å². The van der Waals surface area contributed by atoms with Crippen LogP contribution in [0.15, 0.2) is 11.4 Å². The van der Waals surface area contributed by atoms with Crippen LogP contribution in [0.2, 0.25) is 0 Å². The van der Waals surface area contributed by atoms with Crippen molar-refractivity contribution >= 4 is 28.8 Å². The minimum absolute atomic E-state index is 0.00143. The molecule has 1 aromatic rings. The summed E-state index contributed by atoms with van der Waals surface area (Å²) in [5.41, 5.74) is -0.00143. The van der Waals surface area contributed by atoms with Crippen molar-refractivity contribution in [2.24, 2.45) is 5.41 Å². The van der Waals surface area contributed by atoms with Gasteiger partial charge in [-0.25, -0.2) is 0 Å². The fourth-order valence-corrected chi connectivity index (χ4v) is 2.88. The highest BCUT2D eigenvalue weighted by atomic mass is 35.5. The number of thiophene rings is 1. The quantitative estimate of drug-likeness (QED) is 0.780. The van der Waals surface area contributed by atoms with Crippen molar-refractivity contribution in [3.8, 4) is 5.75 Å². The minimum Gasteiger partial charge on any atom is -0.496 e. The van der Waals surface area contributed by atoms with Crippen molar-refractivity contribution in [1.29, 1.82) is 0 Å². The first-order valence-corrected chi connectivity index (χ1v) is 7.49. The molecule has 1 rings (SSSR count). The van der Waals surface area contributed by atoms with Gasteiger partial charge in [0.15, 0.2) is 0 Å². The first-order chi connectivity index (χ1) is 8.60. The number of hydrogen-bond donors (Lipinski definition) is 1. The molecule has 1 amide bonds. The zero-order valence-corrected chi connectivity index (χ0v) is 12.7. The zero-order chi connectivity index (χ0) is 13.6. The van der Waals surface area contributed by atoms with Crippen LogP contribution in [0.1, 0.15) is 36.4 Å². The number of amides is 1. The lowest BCUT2D eigenvalue weighted by atomic mass is 9.84. The standard InChI is InChI=1S/C13H20ClNO2S/c1-4-13(5-2,8-14)9-15-12(16)11-6-10(17-3)7-18-11/h6-7H,4-5,8-9H2,1-3H3,(H,15,16). The molecule has 0 bridgehead atoms. The van der Waals surface area contributed by atoms with Gasteiger partial charge in [-0.2, -0.15) is 0 Å². The summed E-state index contributed by atoms with van der Waals surface area (Å²) in [5, 5.41) is 4.78. The lowest BCUT2D eigenvalue weighted by Gasteiger charge is -2.29. The summed E-state index contributed by atoms with van der Waals surface area (Å²) in [6, 6.07) is 1.75. The number of hydrogen-bond acceptors (Lipinski definition) is 3. The third-order valence-electron chi connectivity index (χ3n) is 3.44. The molecule has 18 heavy (non-hydrogen) atoms. The number of carbonyl (C=O) groups excluding carboxylic acids is 1. The average Bonchev–Trinajstić information content (AvgIpc) is 2.89. The summed E-state index contributed by atoms with van der Waals surface area (Å²) >= 11 is 7.40. The largest absolute Gasteiger partial charge is 0.496 e. The Morgan fingerprint density at radius 2 is 2.17 bits per heavy atom. The smallest absolute Gasteiger partial charge is 0.261 e. The summed E-state index contributed by atoms with van der Waals surface area (Å²) in [6.07, 6.45) is 1.92. The molecule has 5 heteroatoms. The Hall–Kier alpha value is -0.740. The number of carbonyl (C=O) groups is 1. The highest BCUT2D eigenvalue weighted by Crippen LogP contribution is 2.27. The van der Waals surface area contributed by atoms with Gasteiger partial charge in [0.1, 0.15) is 5.75 Å². The van der Waals surface area contributed by atoms with E-state index in [1.165, 1.54) is 11.3 Å². The van der Waals surface area contributed by atoms with Crippen LogP contribution < -0.4 is 10.1 Å². The molecule has 0 fully saturated rings. The van der Waals surface area contributed by atoms with E-state index in [2.05, 4.69) is 19.2 Å². The van der Waals surface area contributed by atoms with Crippen molar-refractivity contribution in [3.63, 3.8) is 0 Å². The van der Waals surface area contributed by atoms with Crippen molar-refractivity contribution in [2.75, 3.05) is 19.5 Å². The molecule has 102 valence electrons. The minimum atomic E-state index is -0.0558. The lowest BCUT2D eigenvalue weighted by Crippen LogP contribution is -2.38. The average molecular weight is 290 g/mol. The van der Waals surface area contributed by atoms with Crippen LogP contribution in [0.5, 0.6) is 5.75 Å². The fourth-order valence-electron chi connectivity index (χ4n) is 1.64. The molecule has 0 spiro atoms. The van der Waals surface area contributed by atoms with Gasteiger partial charge < -0.3 is 10.1 Å². The Morgan fingerprint density at radius 1 is 1.50 bits per heavy atom. The van der Waals surface area contributed by atoms with E-state index < -0.39 is 0 Å². The number of nitrogens with one attached hydrogen (secondary N) is 1. The topological polar surface area (TPSA) is 38.3 Å². The molecule has 0 aromatic carbocycles. The Labute approximate surface area is 117 Å². The normalized spacial score (nSPS) is 11.3. The SMILES string of the molecule is CCC(CC)(CCl)CNC(=O)c1cc(OC)cs1. The van der Waals surface area contributed by atoms with Crippen molar-refractivity contribution < 1.29 is 9.53 Å². The number of methoxy groups -OCH3 is 1. The zero-order valence-electron chi connectivity index (χ0n) is 11.1. The van der Waals surface area contributed by atoms with Crippen LogP contribution in [0.25, 0.3) is 0 Å². The van der Waals surface area contributed by atoms with Crippen LogP contribution in [0, 0.1) is 5.41 Å². The second-order valence-corrected chi connectivity index (χ2v) is 5.55. The summed E-state index contributed by atoms with van der Waals surface area (Å²) < 4.78 is 5.06. The van der Waals surface area contributed by atoms with Crippen LogP contribution in [-0.2, 0) is 0 Å². The van der Waals surface area contributed by atoms with Gasteiger partial charge in [0, 0.05) is 29.3 Å². The molecule has 0 atom stereocenters. The highest BCUT2D eigenvalue weighted by Gasteiger charge is 2.26. The van der Waals surface area contributed by atoms with E-state index in [1.807, 2.05) is 5.38 Å². The molecule has 0 aliphatic rings. The second-order valence-electron chi connectivity index (χ2n) is 4.37. The lowest BCUT2D eigenvalue weighted by molar-refractivity contribution is 0.0935. The molecule has 3 nitrogen and oxygen atoms in total. The predicted octanol–water partition coefficient (Wildman–Crippen LogP) is 3.53. The van der Waals surface area contributed by atoms with Gasteiger partial charge >= 0.3 is 0 Å². The van der Waals surface area contributed by atoms with Gasteiger partial charge in [-0.3, -0.25) is 4.79 Å². The van der Waals surface area contributed by atoms with Crippen molar-refractivity contribution in [1.82, 2.24) is 5.32 Å². The molecule has 0 aliphatic heterocycles. The summed E-state index contributed by atoms with van der Waals surface area (Å²) in [5.74, 6) is 1.23. The predicted molar refractivity (Wildman–Crippen MR) is 76.9 cm³/mol. The number of ether oxygens (including phenoxy) is 1. The maximum absolute atomic E-state index is 12.0. The molecule has 0 aliphatic carbocycles. The summed E-state index contributed by atoms with van der Waals surface area (Å²) in [6.45, 7) is 4.82. The van der Waals surface area contributed by atoms with E-state index in [0.29, 0.717) is 17.3 Å². The maximum atomic E-state index is 12.0.